The molecular formula is C17H25NO3. The van der Waals surface area contributed by atoms with Gasteiger partial charge in [0.25, 0.3) is 0 Å². The van der Waals surface area contributed by atoms with Crippen molar-refractivity contribution in [1.29, 1.82) is 0 Å². The summed E-state index contributed by atoms with van der Waals surface area (Å²) in [5, 5.41) is 0. The van der Waals surface area contributed by atoms with Crippen LogP contribution in [-0.2, 0) is 11.2 Å². The number of amides is 1. The minimum atomic E-state index is 0.180. The van der Waals surface area contributed by atoms with Gasteiger partial charge in [-0.3, -0.25) is 4.79 Å². The molecule has 21 heavy (non-hydrogen) atoms. The summed E-state index contributed by atoms with van der Waals surface area (Å²) in [5.74, 6) is 1.84. The first-order chi connectivity index (χ1) is 10.1. The van der Waals surface area contributed by atoms with Gasteiger partial charge in [0.15, 0.2) is 11.5 Å². The number of carbonyl (C=O) groups is 1. The number of unbranched alkanes of at least 4 members (excludes halogenated alkanes) is 2. The van der Waals surface area contributed by atoms with E-state index in [1.54, 1.807) is 0 Å². The van der Waals surface area contributed by atoms with Crippen LogP contribution in [0.25, 0.3) is 0 Å². The third-order valence-electron chi connectivity index (χ3n) is 4.02. The lowest BCUT2D eigenvalue weighted by Gasteiger charge is -2.25. The standard InChI is InChI=1S/C17H25NO3/c1-4-5-6-7-17(19)18(3)13(2)10-14-8-9-15-16(11-14)21-12-20-15/h8-9,11,13H,4-7,10,12H2,1-3H3. The van der Waals surface area contributed by atoms with Crippen LogP contribution >= 0.6 is 0 Å². The number of hydrogen-bond acceptors (Lipinski definition) is 3. The molecule has 1 heterocycles. The third-order valence-corrected chi connectivity index (χ3v) is 4.02. The monoisotopic (exact) mass is 291 g/mol. The summed E-state index contributed by atoms with van der Waals surface area (Å²) in [7, 11) is 1.89. The van der Waals surface area contributed by atoms with Crippen LogP contribution in [0.4, 0.5) is 0 Å². The maximum atomic E-state index is 12.1. The summed E-state index contributed by atoms with van der Waals surface area (Å²) < 4.78 is 10.7. The molecular weight excluding hydrogens is 266 g/mol. The summed E-state index contributed by atoms with van der Waals surface area (Å²) in [6.07, 6.45) is 4.72. The number of ether oxygens (including phenoxy) is 2. The Morgan fingerprint density at radius 2 is 2.05 bits per heavy atom. The van der Waals surface area contributed by atoms with E-state index in [9.17, 15) is 4.79 Å². The highest BCUT2D eigenvalue weighted by atomic mass is 16.7. The number of fused-ring (bicyclic) bond motifs is 1. The maximum absolute atomic E-state index is 12.1. The van der Waals surface area contributed by atoms with Gasteiger partial charge in [0.1, 0.15) is 0 Å². The van der Waals surface area contributed by atoms with E-state index >= 15 is 0 Å². The zero-order chi connectivity index (χ0) is 15.2. The minimum absolute atomic E-state index is 0.180. The number of nitrogens with zero attached hydrogens (tertiary/aromatic N) is 1. The van der Waals surface area contributed by atoms with Gasteiger partial charge in [0, 0.05) is 19.5 Å². The molecule has 0 aromatic heterocycles. The number of benzene rings is 1. The molecule has 2 rings (SSSR count). The van der Waals surface area contributed by atoms with Gasteiger partial charge >= 0.3 is 0 Å². The lowest BCUT2D eigenvalue weighted by Crippen LogP contribution is -2.36. The van der Waals surface area contributed by atoms with Crippen molar-refractivity contribution in [3.8, 4) is 11.5 Å². The van der Waals surface area contributed by atoms with Crippen molar-refractivity contribution >= 4 is 5.91 Å². The molecule has 1 unspecified atom stereocenters. The van der Waals surface area contributed by atoms with E-state index in [0.717, 1.165) is 37.2 Å². The van der Waals surface area contributed by atoms with Crippen molar-refractivity contribution in [2.24, 2.45) is 0 Å². The molecule has 0 fully saturated rings. The lowest BCUT2D eigenvalue weighted by atomic mass is 10.0. The van der Waals surface area contributed by atoms with E-state index in [4.69, 9.17) is 9.47 Å². The number of hydrogen-bond donors (Lipinski definition) is 0. The molecule has 0 spiro atoms. The SMILES string of the molecule is CCCCCC(=O)N(C)C(C)Cc1ccc2c(c1)OCO2. The first-order valence-electron chi connectivity index (χ1n) is 7.76. The molecule has 1 amide bonds. The molecule has 1 aromatic rings. The largest absolute Gasteiger partial charge is 0.454 e. The molecule has 116 valence electrons. The number of rotatable bonds is 7. The average Bonchev–Trinajstić information content (AvgIpc) is 2.94. The Balaban J connectivity index is 1.88. The van der Waals surface area contributed by atoms with Gasteiger partial charge in [0.2, 0.25) is 12.7 Å². The van der Waals surface area contributed by atoms with E-state index in [0.29, 0.717) is 13.2 Å². The molecule has 1 aliphatic heterocycles. The minimum Gasteiger partial charge on any atom is -0.454 e. The molecule has 4 nitrogen and oxygen atoms in total. The van der Waals surface area contributed by atoms with E-state index in [2.05, 4.69) is 13.8 Å². The van der Waals surface area contributed by atoms with E-state index in [-0.39, 0.29) is 11.9 Å². The van der Waals surface area contributed by atoms with Crippen LogP contribution in [0.2, 0.25) is 0 Å². The quantitative estimate of drug-likeness (QED) is 0.723. The van der Waals surface area contributed by atoms with Crippen LogP contribution in [0.3, 0.4) is 0 Å². The Hall–Kier alpha value is -1.71. The Kier molecular flexibility index (Phi) is 5.48. The highest BCUT2D eigenvalue weighted by Crippen LogP contribution is 2.32. The number of carbonyl (C=O) groups excluding carboxylic acids is 1. The van der Waals surface area contributed by atoms with Crippen LogP contribution in [0.5, 0.6) is 11.5 Å². The van der Waals surface area contributed by atoms with Gasteiger partial charge in [-0.15, -0.1) is 0 Å². The highest BCUT2D eigenvalue weighted by molar-refractivity contribution is 5.76. The van der Waals surface area contributed by atoms with Crippen molar-refractivity contribution in [3.63, 3.8) is 0 Å². The topological polar surface area (TPSA) is 38.8 Å². The van der Waals surface area contributed by atoms with Crippen molar-refractivity contribution < 1.29 is 14.3 Å². The third kappa shape index (κ3) is 4.13. The van der Waals surface area contributed by atoms with Crippen LogP contribution in [0.1, 0.15) is 45.1 Å². The Labute approximate surface area is 127 Å². The van der Waals surface area contributed by atoms with Crippen molar-refractivity contribution in [1.82, 2.24) is 4.90 Å². The first-order valence-corrected chi connectivity index (χ1v) is 7.76. The second-order valence-electron chi connectivity index (χ2n) is 5.70. The zero-order valence-corrected chi connectivity index (χ0v) is 13.2. The first kappa shape index (κ1) is 15.7. The molecule has 0 saturated carbocycles. The average molecular weight is 291 g/mol. The molecule has 1 atom stereocenters. The molecule has 4 heteroatoms. The summed E-state index contributed by atoms with van der Waals surface area (Å²) in [6, 6.07) is 6.17. The molecule has 0 saturated heterocycles. The van der Waals surface area contributed by atoms with Crippen LogP contribution < -0.4 is 9.47 Å². The van der Waals surface area contributed by atoms with Gasteiger partial charge in [-0.2, -0.15) is 0 Å². The highest BCUT2D eigenvalue weighted by Gasteiger charge is 2.18. The summed E-state index contributed by atoms with van der Waals surface area (Å²) in [6.45, 7) is 4.53. The molecule has 0 aliphatic carbocycles. The van der Waals surface area contributed by atoms with Gasteiger partial charge < -0.3 is 14.4 Å². The van der Waals surface area contributed by atoms with E-state index in [1.807, 2.05) is 30.1 Å². The number of likely N-dealkylation sites (N-methyl/N-ethyl adjacent to an activating group) is 1. The molecule has 1 aromatic carbocycles. The summed E-state index contributed by atoms with van der Waals surface area (Å²) in [4.78, 5) is 14.0. The smallest absolute Gasteiger partial charge is 0.231 e. The van der Waals surface area contributed by atoms with Crippen LogP contribution in [0.15, 0.2) is 18.2 Å². The second-order valence-corrected chi connectivity index (χ2v) is 5.70. The molecule has 0 radical (unpaired) electrons. The van der Waals surface area contributed by atoms with E-state index < -0.39 is 0 Å². The van der Waals surface area contributed by atoms with Gasteiger partial charge in [0.05, 0.1) is 0 Å². The molecule has 1 aliphatic rings. The zero-order valence-electron chi connectivity index (χ0n) is 13.2. The van der Waals surface area contributed by atoms with Crippen molar-refractivity contribution in [2.45, 2.75) is 52.0 Å². The predicted molar refractivity (Wildman–Crippen MR) is 82.6 cm³/mol. The van der Waals surface area contributed by atoms with E-state index in [1.165, 1.54) is 5.56 Å². The lowest BCUT2D eigenvalue weighted by molar-refractivity contribution is -0.131. The van der Waals surface area contributed by atoms with Gasteiger partial charge in [-0.1, -0.05) is 25.8 Å². The fourth-order valence-electron chi connectivity index (χ4n) is 2.49. The Morgan fingerprint density at radius 3 is 2.81 bits per heavy atom. The Morgan fingerprint density at radius 1 is 1.29 bits per heavy atom. The fourth-order valence-corrected chi connectivity index (χ4v) is 2.49. The summed E-state index contributed by atoms with van der Waals surface area (Å²) in [5.41, 5.74) is 1.17. The fraction of sp³-hybridized carbons (Fsp3) is 0.588. The van der Waals surface area contributed by atoms with Gasteiger partial charge in [-0.25, -0.2) is 0 Å². The molecule has 0 bridgehead atoms. The van der Waals surface area contributed by atoms with Crippen molar-refractivity contribution in [3.05, 3.63) is 23.8 Å². The van der Waals surface area contributed by atoms with Crippen LogP contribution in [-0.4, -0.2) is 30.7 Å². The second kappa shape index (κ2) is 7.34. The predicted octanol–water partition coefficient (Wildman–Crippen LogP) is 3.39. The maximum Gasteiger partial charge on any atom is 0.231 e. The molecule has 0 N–H and O–H groups in total. The van der Waals surface area contributed by atoms with Crippen molar-refractivity contribution in [2.75, 3.05) is 13.8 Å². The normalized spacial score (nSPS) is 14.0. The summed E-state index contributed by atoms with van der Waals surface area (Å²) >= 11 is 0. The van der Waals surface area contributed by atoms with Crippen LogP contribution in [0, 0.1) is 0 Å². The Bertz CT molecular complexity index is 487. The van der Waals surface area contributed by atoms with Gasteiger partial charge in [-0.05, 0) is 37.5 Å².